The highest BCUT2D eigenvalue weighted by molar-refractivity contribution is 7.97. The molecule has 1 aromatic heterocycles. The monoisotopic (exact) mass is 342 g/mol. The highest BCUT2D eigenvalue weighted by atomic mass is 32.2. The van der Waals surface area contributed by atoms with Crippen LogP contribution in [0.15, 0.2) is 16.5 Å². The van der Waals surface area contributed by atoms with E-state index in [4.69, 9.17) is 9.52 Å². The molecule has 1 saturated heterocycles. The number of hydrogen-bond donors (Lipinski definition) is 2. The molecule has 2 rings (SSSR count). The van der Waals surface area contributed by atoms with Gasteiger partial charge in [-0.05, 0) is 31.4 Å². The highest BCUT2D eigenvalue weighted by Crippen LogP contribution is 2.26. The fraction of sp³-hybridized carbons (Fsp3) is 0.688. The van der Waals surface area contributed by atoms with Gasteiger partial charge in [0.2, 0.25) is 0 Å². The van der Waals surface area contributed by atoms with Gasteiger partial charge in [-0.2, -0.15) is 11.8 Å². The lowest BCUT2D eigenvalue weighted by molar-refractivity contribution is 0.0745. The maximum Gasteiger partial charge on any atom is 0.289 e. The van der Waals surface area contributed by atoms with E-state index in [1.165, 1.54) is 0 Å². The van der Waals surface area contributed by atoms with E-state index in [1.807, 2.05) is 24.3 Å². The zero-order chi connectivity index (χ0) is 16.8. The Morgan fingerprint density at radius 2 is 2.13 bits per heavy atom. The maximum atomic E-state index is 12.6. The van der Waals surface area contributed by atoms with Crippen molar-refractivity contribution < 1.29 is 19.4 Å². The third-order valence-corrected chi connectivity index (χ3v) is 4.86. The molecule has 0 saturated carbocycles. The van der Waals surface area contributed by atoms with E-state index in [2.05, 4.69) is 0 Å². The summed E-state index contributed by atoms with van der Waals surface area (Å²) in [5.74, 6) is 2.10. The van der Waals surface area contributed by atoms with Crippen LogP contribution in [0.1, 0.15) is 16.3 Å². The van der Waals surface area contributed by atoms with Crippen molar-refractivity contribution in [3.05, 3.63) is 23.7 Å². The number of nitrogens with zero attached hydrogens (tertiary/aromatic N) is 2. The Morgan fingerprint density at radius 1 is 1.39 bits per heavy atom. The zero-order valence-corrected chi connectivity index (χ0v) is 14.6. The molecule has 0 bridgehead atoms. The van der Waals surface area contributed by atoms with E-state index in [-0.39, 0.29) is 31.0 Å². The summed E-state index contributed by atoms with van der Waals surface area (Å²) in [4.78, 5) is 16.4. The van der Waals surface area contributed by atoms with Crippen LogP contribution in [0, 0.1) is 11.8 Å². The van der Waals surface area contributed by atoms with Gasteiger partial charge < -0.3 is 24.4 Å². The largest absolute Gasteiger partial charge is 0.455 e. The normalized spacial score (nSPS) is 21.3. The van der Waals surface area contributed by atoms with Crippen molar-refractivity contribution in [3.8, 4) is 0 Å². The first-order chi connectivity index (χ1) is 11.1. The number of furan rings is 1. The first kappa shape index (κ1) is 18.3. The van der Waals surface area contributed by atoms with Crippen LogP contribution in [-0.4, -0.2) is 78.6 Å². The van der Waals surface area contributed by atoms with E-state index in [0.717, 1.165) is 18.1 Å². The third kappa shape index (κ3) is 4.73. The lowest BCUT2D eigenvalue weighted by Crippen LogP contribution is -2.33. The summed E-state index contributed by atoms with van der Waals surface area (Å²) >= 11 is 1.65. The molecule has 6 nitrogen and oxygen atoms in total. The second kappa shape index (κ2) is 8.73. The van der Waals surface area contributed by atoms with Crippen LogP contribution < -0.4 is 0 Å². The number of likely N-dealkylation sites (tertiary alicyclic amines) is 1. The number of likely N-dealkylation sites (N-methyl/N-ethyl adjacent to an activating group) is 1. The molecule has 0 unspecified atom stereocenters. The first-order valence-corrected chi connectivity index (χ1v) is 9.25. The van der Waals surface area contributed by atoms with Crippen molar-refractivity contribution in [1.82, 2.24) is 9.80 Å². The van der Waals surface area contributed by atoms with Crippen molar-refractivity contribution in [2.75, 3.05) is 52.7 Å². The Labute approximate surface area is 141 Å². The van der Waals surface area contributed by atoms with Gasteiger partial charge >= 0.3 is 0 Å². The number of amides is 1. The van der Waals surface area contributed by atoms with Crippen molar-refractivity contribution in [3.63, 3.8) is 0 Å². The number of thioether (sulfide) groups is 1. The number of carbonyl (C=O) groups is 1. The Balaban J connectivity index is 1.98. The van der Waals surface area contributed by atoms with Gasteiger partial charge in [0.05, 0.1) is 12.4 Å². The van der Waals surface area contributed by atoms with Crippen LogP contribution >= 0.6 is 11.8 Å². The minimum Gasteiger partial charge on any atom is -0.455 e. The van der Waals surface area contributed by atoms with E-state index in [9.17, 15) is 9.90 Å². The topological polar surface area (TPSA) is 77.2 Å². The lowest BCUT2D eigenvalue weighted by Gasteiger charge is -2.22. The molecule has 2 atom stereocenters. The molecule has 1 amide bonds. The van der Waals surface area contributed by atoms with Crippen LogP contribution in [0.3, 0.4) is 0 Å². The van der Waals surface area contributed by atoms with Gasteiger partial charge in [0.25, 0.3) is 5.91 Å². The molecule has 2 heterocycles. The minimum absolute atomic E-state index is 0.0668. The van der Waals surface area contributed by atoms with Crippen molar-refractivity contribution >= 4 is 17.7 Å². The van der Waals surface area contributed by atoms with Crippen LogP contribution in [0.4, 0.5) is 0 Å². The summed E-state index contributed by atoms with van der Waals surface area (Å²) in [5.41, 5.74) is 0. The average Bonchev–Trinajstić information content (AvgIpc) is 3.14. The average molecular weight is 342 g/mol. The maximum absolute atomic E-state index is 12.6. The summed E-state index contributed by atoms with van der Waals surface area (Å²) < 4.78 is 5.60. The van der Waals surface area contributed by atoms with Gasteiger partial charge in [-0.25, -0.2) is 0 Å². The molecule has 0 aliphatic carbocycles. The summed E-state index contributed by atoms with van der Waals surface area (Å²) in [6.07, 6.45) is 1.99. The quantitative estimate of drug-likeness (QED) is 0.726. The molecule has 1 fully saturated rings. The summed E-state index contributed by atoms with van der Waals surface area (Å²) in [6, 6.07) is 3.57. The van der Waals surface area contributed by atoms with Crippen LogP contribution in [-0.2, 0) is 5.75 Å². The number of aliphatic hydroxyl groups is 2. The molecule has 1 aliphatic rings. The molecule has 0 spiro atoms. The fourth-order valence-electron chi connectivity index (χ4n) is 3.05. The number of aliphatic hydroxyl groups excluding tert-OH is 2. The van der Waals surface area contributed by atoms with Crippen LogP contribution in [0.5, 0.6) is 0 Å². The van der Waals surface area contributed by atoms with E-state index in [0.29, 0.717) is 25.4 Å². The molecule has 2 N–H and O–H groups in total. The van der Waals surface area contributed by atoms with Crippen molar-refractivity contribution in [2.24, 2.45) is 11.8 Å². The lowest BCUT2D eigenvalue weighted by atomic mass is 9.96. The van der Waals surface area contributed by atoms with Crippen molar-refractivity contribution in [1.29, 1.82) is 0 Å². The van der Waals surface area contributed by atoms with E-state index in [1.54, 1.807) is 22.7 Å². The number of rotatable bonds is 8. The summed E-state index contributed by atoms with van der Waals surface area (Å²) in [6.45, 7) is 2.69. The summed E-state index contributed by atoms with van der Waals surface area (Å²) in [5, 5.41) is 18.6. The number of hydrogen-bond acceptors (Lipinski definition) is 6. The predicted molar refractivity (Wildman–Crippen MR) is 90.5 cm³/mol. The second-order valence-corrected chi connectivity index (χ2v) is 6.96. The van der Waals surface area contributed by atoms with Gasteiger partial charge in [-0.15, -0.1) is 0 Å². The van der Waals surface area contributed by atoms with Gasteiger partial charge in [-0.3, -0.25) is 4.79 Å². The molecular weight excluding hydrogens is 316 g/mol. The molecule has 0 radical (unpaired) electrons. The molecule has 0 aromatic carbocycles. The standard InChI is InChI=1S/C16H26N2O4S/c1-17(5-6-19)7-12-8-18(9-13(12)10-20)16(21)15-4-3-14(22-15)11-23-2/h3-4,12-13,19-20H,5-11H2,1-2H3/t12-,13-/m1/s1. The molecule has 130 valence electrons. The van der Waals surface area contributed by atoms with Gasteiger partial charge in [-0.1, -0.05) is 0 Å². The Hall–Kier alpha value is -1.02. The Bertz CT molecular complexity index is 508. The molecule has 7 heteroatoms. The van der Waals surface area contributed by atoms with Crippen molar-refractivity contribution in [2.45, 2.75) is 5.75 Å². The Morgan fingerprint density at radius 3 is 2.78 bits per heavy atom. The second-order valence-electron chi connectivity index (χ2n) is 6.10. The fourth-order valence-corrected chi connectivity index (χ4v) is 3.49. The smallest absolute Gasteiger partial charge is 0.289 e. The van der Waals surface area contributed by atoms with E-state index < -0.39 is 0 Å². The molecular formula is C16H26N2O4S. The van der Waals surface area contributed by atoms with E-state index >= 15 is 0 Å². The summed E-state index contributed by atoms with van der Waals surface area (Å²) in [7, 11) is 1.94. The first-order valence-electron chi connectivity index (χ1n) is 7.86. The van der Waals surface area contributed by atoms with Gasteiger partial charge in [0.15, 0.2) is 5.76 Å². The SMILES string of the molecule is CSCc1ccc(C(=O)N2C[C@@H](CN(C)CCO)[C@@H](CO)C2)o1. The molecule has 23 heavy (non-hydrogen) atoms. The number of carbonyl (C=O) groups excluding carboxylic acids is 1. The minimum atomic E-state index is -0.108. The Kier molecular flexibility index (Phi) is 6.95. The molecule has 1 aliphatic heterocycles. The van der Waals surface area contributed by atoms with Crippen LogP contribution in [0.2, 0.25) is 0 Å². The predicted octanol–water partition coefficient (Wildman–Crippen LogP) is 0.747. The van der Waals surface area contributed by atoms with Crippen LogP contribution in [0.25, 0.3) is 0 Å². The highest BCUT2D eigenvalue weighted by Gasteiger charge is 2.36. The zero-order valence-electron chi connectivity index (χ0n) is 13.8. The van der Waals surface area contributed by atoms with Gasteiger partial charge in [0, 0.05) is 38.7 Å². The van der Waals surface area contributed by atoms with Gasteiger partial charge in [0.1, 0.15) is 5.76 Å². The third-order valence-electron chi connectivity index (χ3n) is 4.29. The molecule has 1 aromatic rings.